The van der Waals surface area contributed by atoms with Crippen molar-refractivity contribution in [3.05, 3.63) is 65.2 Å². The second-order valence-corrected chi connectivity index (χ2v) is 11.2. The Morgan fingerprint density at radius 2 is 1.71 bits per heavy atom. The van der Waals surface area contributed by atoms with E-state index in [1.54, 1.807) is 18.2 Å². The fourth-order valence-electron chi connectivity index (χ4n) is 4.64. The molecular formula is C27H39N3O4S. The van der Waals surface area contributed by atoms with Crippen LogP contribution in [0.25, 0.3) is 0 Å². The lowest BCUT2D eigenvalue weighted by molar-refractivity contribution is -0.0440. The van der Waals surface area contributed by atoms with Gasteiger partial charge in [0.15, 0.2) is 5.78 Å². The molecule has 2 aromatic rings. The molecule has 7 nitrogen and oxygen atoms in total. The number of sulfonamides is 1. The summed E-state index contributed by atoms with van der Waals surface area (Å²) in [6, 6.07) is 15.0. The molecule has 0 amide bonds. The highest BCUT2D eigenvalue weighted by molar-refractivity contribution is 7.89. The number of nitrogens with zero attached hydrogens (tertiary/aromatic N) is 2. The Morgan fingerprint density at radius 1 is 1.09 bits per heavy atom. The topological polar surface area (TPSA) is 79.0 Å². The molecule has 3 atom stereocenters. The van der Waals surface area contributed by atoms with Crippen LogP contribution in [0.15, 0.2) is 53.4 Å². The van der Waals surface area contributed by atoms with E-state index in [1.165, 1.54) is 21.5 Å². The van der Waals surface area contributed by atoms with Crippen molar-refractivity contribution in [2.75, 3.05) is 39.3 Å². The van der Waals surface area contributed by atoms with Gasteiger partial charge in [0.1, 0.15) is 0 Å². The number of rotatable bonds is 11. The molecule has 1 aliphatic rings. The van der Waals surface area contributed by atoms with Crippen LogP contribution in [0, 0.1) is 6.92 Å². The predicted molar refractivity (Wildman–Crippen MR) is 139 cm³/mol. The number of morpholine rings is 1. The summed E-state index contributed by atoms with van der Waals surface area (Å²) in [7, 11) is -3.70. The molecule has 8 heteroatoms. The lowest BCUT2D eigenvalue weighted by Gasteiger charge is -2.34. The van der Waals surface area contributed by atoms with Gasteiger partial charge >= 0.3 is 0 Å². The first-order valence-corrected chi connectivity index (χ1v) is 13.9. The molecule has 35 heavy (non-hydrogen) atoms. The lowest BCUT2D eigenvalue weighted by atomic mass is 10.0. The van der Waals surface area contributed by atoms with Crippen molar-refractivity contribution in [2.24, 2.45) is 0 Å². The summed E-state index contributed by atoms with van der Waals surface area (Å²) < 4.78 is 33.6. The Labute approximate surface area is 210 Å². The van der Waals surface area contributed by atoms with E-state index < -0.39 is 10.0 Å². The van der Waals surface area contributed by atoms with E-state index in [2.05, 4.69) is 55.3 Å². The van der Waals surface area contributed by atoms with Crippen LogP contribution in [0.3, 0.4) is 0 Å². The van der Waals surface area contributed by atoms with Gasteiger partial charge in [-0.1, -0.05) is 55.8 Å². The van der Waals surface area contributed by atoms with Crippen molar-refractivity contribution in [2.45, 2.75) is 57.8 Å². The van der Waals surface area contributed by atoms with E-state index in [1.807, 2.05) is 13.8 Å². The van der Waals surface area contributed by atoms with E-state index in [9.17, 15) is 13.2 Å². The molecule has 192 valence electrons. The second-order valence-electron chi connectivity index (χ2n) is 9.31. The minimum Gasteiger partial charge on any atom is -0.373 e. The summed E-state index contributed by atoms with van der Waals surface area (Å²) in [5.41, 5.74) is 2.81. The molecule has 0 spiro atoms. The van der Waals surface area contributed by atoms with E-state index >= 15 is 0 Å². The normalized spacial score (nSPS) is 20.2. The number of ketones is 1. The summed E-state index contributed by atoms with van der Waals surface area (Å²) in [4.78, 5) is 15.5. The molecule has 1 saturated heterocycles. The van der Waals surface area contributed by atoms with Gasteiger partial charge in [-0.25, -0.2) is 8.42 Å². The molecule has 1 fully saturated rings. The van der Waals surface area contributed by atoms with Crippen LogP contribution in [0.4, 0.5) is 0 Å². The number of nitrogens with one attached hydrogen (secondary N) is 1. The van der Waals surface area contributed by atoms with Crippen LogP contribution >= 0.6 is 0 Å². The Bertz CT molecular complexity index is 1070. The molecular weight excluding hydrogens is 462 g/mol. The highest BCUT2D eigenvalue weighted by Gasteiger charge is 2.32. The summed E-state index contributed by atoms with van der Waals surface area (Å²) in [5.74, 6) is -0.132. The summed E-state index contributed by atoms with van der Waals surface area (Å²) in [5, 5.41) is 3.31. The first-order valence-electron chi connectivity index (χ1n) is 12.5. The van der Waals surface area contributed by atoms with Crippen molar-refractivity contribution in [3.8, 4) is 0 Å². The quantitative estimate of drug-likeness (QED) is 0.474. The summed E-state index contributed by atoms with van der Waals surface area (Å²) in [6.45, 7) is 13.3. The lowest BCUT2D eigenvalue weighted by Crippen LogP contribution is -2.48. The average molecular weight is 502 g/mol. The average Bonchev–Trinajstić information content (AvgIpc) is 2.83. The fourth-order valence-corrected chi connectivity index (χ4v) is 6.28. The van der Waals surface area contributed by atoms with Gasteiger partial charge < -0.3 is 10.1 Å². The molecule has 0 bridgehead atoms. The first-order chi connectivity index (χ1) is 16.6. The highest BCUT2D eigenvalue weighted by atomic mass is 32.2. The second kappa shape index (κ2) is 12.2. The standard InChI is InChI=1S/C27H39N3O4S/c1-6-29(7-2)26(23-13-11-20(3)12-14-23)16-28-17-27(31)24-9-8-10-25(15-24)35(32,33)30-18-21(4)34-22(5)19-30/h8-15,21-22,26,28H,6-7,16-19H2,1-5H3. The van der Waals surface area contributed by atoms with Gasteiger partial charge in [-0.3, -0.25) is 9.69 Å². The number of carbonyl (C=O) groups excluding carboxylic acids is 1. The van der Waals surface area contributed by atoms with E-state index in [0.717, 1.165) is 13.1 Å². The Morgan fingerprint density at radius 3 is 2.31 bits per heavy atom. The zero-order valence-electron chi connectivity index (χ0n) is 21.5. The third-order valence-electron chi connectivity index (χ3n) is 6.52. The Kier molecular flexibility index (Phi) is 9.61. The van der Waals surface area contributed by atoms with E-state index in [4.69, 9.17) is 4.74 Å². The Balaban J connectivity index is 1.69. The maximum atomic E-state index is 13.2. The smallest absolute Gasteiger partial charge is 0.243 e. The van der Waals surface area contributed by atoms with Crippen LogP contribution in [0.5, 0.6) is 0 Å². The monoisotopic (exact) mass is 501 g/mol. The van der Waals surface area contributed by atoms with Crippen LogP contribution in [-0.4, -0.2) is 74.9 Å². The molecule has 1 aliphatic heterocycles. The number of hydrogen-bond donors (Lipinski definition) is 1. The predicted octanol–water partition coefficient (Wildman–Crippen LogP) is 3.65. The molecule has 0 aromatic heterocycles. The molecule has 0 saturated carbocycles. The first kappa shape index (κ1) is 27.5. The number of ether oxygens (including phenoxy) is 1. The minimum atomic E-state index is -3.70. The number of aryl methyl sites for hydroxylation is 1. The van der Waals surface area contributed by atoms with E-state index in [-0.39, 0.29) is 35.5 Å². The molecule has 3 unspecified atom stereocenters. The van der Waals surface area contributed by atoms with Crippen molar-refractivity contribution >= 4 is 15.8 Å². The number of hydrogen-bond acceptors (Lipinski definition) is 6. The van der Waals surface area contributed by atoms with Crippen molar-refractivity contribution in [3.63, 3.8) is 0 Å². The summed E-state index contributed by atoms with van der Waals surface area (Å²) in [6.07, 6.45) is -0.343. The number of likely N-dealkylation sites (N-methyl/N-ethyl adjacent to an activating group) is 1. The number of carbonyl (C=O) groups is 1. The van der Waals surface area contributed by atoms with E-state index in [0.29, 0.717) is 25.2 Å². The maximum Gasteiger partial charge on any atom is 0.243 e. The number of Topliss-reactive ketones (excluding diaryl/α,β-unsaturated/α-hetero) is 1. The van der Waals surface area contributed by atoms with Crippen LogP contribution in [-0.2, 0) is 14.8 Å². The maximum absolute atomic E-state index is 13.2. The molecule has 1 heterocycles. The van der Waals surface area contributed by atoms with Gasteiger partial charge in [-0.05, 0) is 51.6 Å². The minimum absolute atomic E-state index is 0.132. The van der Waals surface area contributed by atoms with Gasteiger partial charge in [-0.15, -0.1) is 0 Å². The van der Waals surface area contributed by atoms with Crippen LogP contribution < -0.4 is 5.32 Å². The van der Waals surface area contributed by atoms with Gasteiger partial charge in [-0.2, -0.15) is 4.31 Å². The SMILES string of the molecule is CCN(CC)C(CNCC(=O)c1cccc(S(=O)(=O)N2CC(C)OC(C)C2)c1)c1ccc(C)cc1. The van der Waals surface area contributed by atoms with Gasteiger partial charge in [0.05, 0.1) is 23.6 Å². The molecule has 1 N–H and O–H groups in total. The molecule has 0 aliphatic carbocycles. The van der Waals surface area contributed by atoms with Crippen molar-refractivity contribution in [1.29, 1.82) is 0 Å². The zero-order chi connectivity index (χ0) is 25.6. The highest BCUT2D eigenvalue weighted by Crippen LogP contribution is 2.23. The van der Waals surface area contributed by atoms with Gasteiger partial charge in [0, 0.05) is 31.2 Å². The fraction of sp³-hybridized carbons (Fsp3) is 0.519. The van der Waals surface area contributed by atoms with Crippen molar-refractivity contribution < 1.29 is 17.9 Å². The zero-order valence-corrected chi connectivity index (χ0v) is 22.3. The third-order valence-corrected chi connectivity index (χ3v) is 8.35. The molecule has 0 radical (unpaired) electrons. The Hall–Kier alpha value is -2.10. The molecule has 3 rings (SSSR count). The third kappa shape index (κ3) is 6.98. The molecule has 2 aromatic carbocycles. The number of benzene rings is 2. The van der Waals surface area contributed by atoms with Crippen LogP contribution in [0.1, 0.15) is 55.2 Å². The van der Waals surface area contributed by atoms with Crippen molar-refractivity contribution in [1.82, 2.24) is 14.5 Å². The van der Waals surface area contributed by atoms with Crippen LogP contribution in [0.2, 0.25) is 0 Å². The largest absolute Gasteiger partial charge is 0.373 e. The van der Waals surface area contributed by atoms with Gasteiger partial charge in [0.25, 0.3) is 0 Å². The summed E-state index contributed by atoms with van der Waals surface area (Å²) >= 11 is 0. The van der Waals surface area contributed by atoms with Gasteiger partial charge in [0.2, 0.25) is 10.0 Å².